The zero-order chi connectivity index (χ0) is 20.5. The molecule has 0 aliphatic heterocycles. The molecule has 0 bridgehead atoms. The highest BCUT2D eigenvalue weighted by atomic mass is 35.5. The Bertz CT molecular complexity index is 548. The van der Waals surface area contributed by atoms with Crippen molar-refractivity contribution in [2.75, 3.05) is 45.9 Å². The Labute approximate surface area is 179 Å². The second-order valence-corrected chi connectivity index (χ2v) is 6.50. The van der Waals surface area contributed by atoms with Gasteiger partial charge in [0, 0.05) is 25.9 Å². The highest BCUT2D eigenvalue weighted by Crippen LogP contribution is 2.04. The van der Waals surface area contributed by atoms with Crippen LogP contribution in [0.15, 0.2) is 30.3 Å². The number of hydrogen-bond acceptors (Lipinski definition) is 6. The molecule has 1 aromatic carbocycles. The summed E-state index contributed by atoms with van der Waals surface area (Å²) < 4.78 is 5.26. The maximum absolute atomic E-state index is 12.5. The molecule has 0 unspecified atom stereocenters. The fraction of sp³-hybridized carbons (Fsp3) is 0.600. The maximum Gasteiger partial charge on any atom is 0.243 e. The quantitative estimate of drug-likeness (QED) is 0.234. The van der Waals surface area contributed by atoms with Crippen molar-refractivity contribution >= 4 is 24.2 Å². The normalized spacial score (nSPS) is 11.4. The van der Waals surface area contributed by atoms with Crippen LogP contribution in [0.25, 0.3) is 0 Å². The minimum Gasteiger partial charge on any atom is -0.378 e. The fourth-order valence-corrected chi connectivity index (χ4v) is 2.61. The minimum atomic E-state index is -0.616. The molecule has 0 saturated heterocycles. The molecule has 7 N–H and O–H groups in total. The molecular formula is C20H36ClN5O3. The number of carbonyl (C=O) groups excluding carboxylic acids is 2. The molecule has 1 atom stereocenters. The van der Waals surface area contributed by atoms with Crippen LogP contribution in [0.5, 0.6) is 0 Å². The maximum atomic E-state index is 12.5. The van der Waals surface area contributed by atoms with E-state index in [1.54, 1.807) is 0 Å². The monoisotopic (exact) mass is 429 g/mol. The summed E-state index contributed by atoms with van der Waals surface area (Å²) in [5.74, 6) is -0.342. The van der Waals surface area contributed by atoms with Crippen LogP contribution in [-0.2, 0) is 20.7 Å². The highest BCUT2D eigenvalue weighted by molar-refractivity contribution is 5.87. The van der Waals surface area contributed by atoms with Crippen LogP contribution in [0.3, 0.4) is 0 Å². The van der Waals surface area contributed by atoms with Gasteiger partial charge in [0.1, 0.15) is 6.04 Å². The highest BCUT2D eigenvalue weighted by Gasteiger charge is 2.20. The summed E-state index contributed by atoms with van der Waals surface area (Å²) in [4.78, 5) is 24.8. The van der Waals surface area contributed by atoms with E-state index in [9.17, 15) is 9.59 Å². The molecule has 29 heavy (non-hydrogen) atoms. The predicted molar refractivity (Wildman–Crippen MR) is 118 cm³/mol. The number of hydrogen-bond donors (Lipinski definition) is 5. The number of halogens is 1. The van der Waals surface area contributed by atoms with E-state index in [4.69, 9.17) is 16.2 Å². The summed E-state index contributed by atoms with van der Waals surface area (Å²) in [7, 11) is 0. The smallest absolute Gasteiger partial charge is 0.243 e. The molecule has 2 amide bonds. The lowest BCUT2D eigenvalue weighted by Gasteiger charge is -2.19. The van der Waals surface area contributed by atoms with Crippen molar-refractivity contribution in [1.29, 1.82) is 0 Å². The van der Waals surface area contributed by atoms with Gasteiger partial charge < -0.3 is 32.2 Å². The van der Waals surface area contributed by atoms with Gasteiger partial charge in [-0.1, -0.05) is 30.3 Å². The molecule has 166 valence electrons. The largest absolute Gasteiger partial charge is 0.378 e. The van der Waals surface area contributed by atoms with Crippen LogP contribution in [0.4, 0.5) is 0 Å². The minimum absolute atomic E-state index is 0. The van der Waals surface area contributed by atoms with E-state index in [2.05, 4.69) is 16.0 Å². The van der Waals surface area contributed by atoms with E-state index in [0.717, 1.165) is 25.1 Å². The Morgan fingerprint density at radius 2 is 1.69 bits per heavy atom. The Morgan fingerprint density at radius 3 is 2.38 bits per heavy atom. The van der Waals surface area contributed by atoms with Gasteiger partial charge in [-0.3, -0.25) is 9.59 Å². The summed E-state index contributed by atoms with van der Waals surface area (Å²) in [5, 5.41) is 8.91. The van der Waals surface area contributed by atoms with Gasteiger partial charge in [-0.25, -0.2) is 0 Å². The summed E-state index contributed by atoms with van der Waals surface area (Å²) in [6.07, 6.45) is 2.44. The third-order valence-electron chi connectivity index (χ3n) is 4.06. The van der Waals surface area contributed by atoms with Gasteiger partial charge in [-0.05, 0) is 38.0 Å². The van der Waals surface area contributed by atoms with E-state index in [1.165, 1.54) is 0 Å². The Kier molecular flexibility index (Phi) is 17.2. The summed E-state index contributed by atoms with van der Waals surface area (Å²) in [6, 6.07) is 9.02. The average Bonchev–Trinajstić information content (AvgIpc) is 2.70. The Balaban J connectivity index is 0.00000784. The van der Waals surface area contributed by atoms with Crippen LogP contribution in [0.1, 0.15) is 24.8 Å². The van der Waals surface area contributed by atoms with E-state index >= 15 is 0 Å². The molecule has 0 aliphatic rings. The molecule has 1 rings (SSSR count). The van der Waals surface area contributed by atoms with Crippen molar-refractivity contribution in [1.82, 2.24) is 16.0 Å². The zero-order valence-electron chi connectivity index (χ0n) is 17.0. The summed E-state index contributed by atoms with van der Waals surface area (Å²) >= 11 is 0. The molecular weight excluding hydrogens is 394 g/mol. The van der Waals surface area contributed by atoms with Gasteiger partial charge in [-0.15, -0.1) is 12.4 Å². The van der Waals surface area contributed by atoms with Crippen molar-refractivity contribution < 1.29 is 14.3 Å². The molecule has 0 aromatic heterocycles. The van der Waals surface area contributed by atoms with Gasteiger partial charge in [0.05, 0.1) is 13.2 Å². The molecule has 8 nitrogen and oxygen atoms in total. The molecule has 0 fully saturated rings. The SMILES string of the molecule is Cl.NCCCNCCCC(=O)N[C@@H](Cc1ccccc1)C(=O)NCCOCCN. The van der Waals surface area contributed by atoms with E-state index in [-0.39, 0.29) is 24.2 Å². The number of rotatable bonds is 16. The first-order chi connectivity index (χ1) is 13.7. The first-order valence-electron chi connectivity index (χ1n) is 9.97. The third kappa shape index (κ3) is 14.0. The second kappa shape index (κ2) is 18.3. The molecule has 0 saturated carbocycles. The van der Waals surface area contributed by atoms with Crippen molar-refractivity contribution in [3.63, 3.8) is 0 Å². The Morgan fingerprint density at radius 1 is 0.966 bits per heavy atom. The lowest BCUT2D eigenvalue weighted by atomic mass is 10.0. The number of benzene rings is 1. The molecule has 0 aliphatic carbocycles. The van der Waals surface area contributed by atoms with E-state index < -0.39 is 6.04 Å². The number of nitrogens with two attached hydrogens (primary N) is 2. The number of carbonyl (C=O) groups is 2. The number of amides is 2. The first-order valence-corrected chi connectivity index (χ1v) is 9.97. The van der Waals surface area contributed by atoms with Crippen LogP contribution in [-0.4, -0.2) is 63.8 Å². The summed E-state index contributed by atoms with van der Waals surface area (Å²) in [5.41, 5.74) is 11.8. The van der Waals surface area contributed by atoms with E-state index in [0.29, 0.717) is 52.1 Å². The average molecular weight is 430 g/mol. The topological polar surface area (TPSA) is 132 Å². The van der Waals surface area contributed by atoms with Gasteiger partial charge >= 0.3 is 0 Å². The van der Waals surface area contributed by atoms with Crippen LogP contribution < -0.4 is 27.4 Å². The Hall–Kier alpha value is -1.71. The molecule has 1 aromatic rings. The van der Waals surface area contributed by atoms with Gasteiger partial charge in [0.25, 0.3) is 0 Å². The fourth-order valence-electron chi connectivity index (χ4n) is 2.61. The standard InChI is InChI=1S/C20H35N5O3.ClH/c21-9-5-12-23-11-4-8-19(26)25-18(16-17-6-2-1-3-7-17)20(27)24-13-15-28-14-10-22;/h1-3,6-7,18,23H,4-5,8-16,21-22H2,(H,24,27)(H,25,26);1H/t18-;/m0./s1. The van der Waals surface area contributed by atoms with Crippen LogP contribution in [0, 0.1) is 0 Å². The molecule has 0 heterocycles. The van der Waals surface area contributed by atoms with E-state index in [1.807, 2.05) is 30.3 Å². The lowest BCUT2D eigenvalue weighted by Crippen LogP contribution is -2.48. The predicted octanol–water partition coefficient (Wildman–Crippen LogP) is -0.0542. The van der Waals surface area contributed by atoms with Gasteiger partial charge in [0.2, 0.25) is 11.8 Å². The first kappa shape index (κ1) is 27.3. The zero-order valence-corrected chi connectivity index (χ0v) is 17.8. The van der Waals surface area contributed by atoms with Crippen molar-refractivity contribution in [3.05, 3.63) is 35.9 Å². The van der Waals surface area contributed by atoms with Crippen LogP contribution >= 0.6 is 12.4 Å². The van der Waals surface area contributed by atoms with Crippen molar-refractivity contribution in [3.8, 4) is 0 Å². The second-order valence-electron chi connectivity index (χ2n) is 6.50. The van der Waals surface area contributed by atoms with Crippen molar-refractivity contribution in [2.24, 2.45) is 11.5 Å². The third-order valence-corrected chi connectivity index (χ3v) is 4.06. The number of ether oxygens (including phenoxy) is 1. The van der Waals surface area contributed by atoms with Gasteiger partial charge in [0.15, 0.2) is 0 Å². The molecule has 9 heteroatoms. The molecule has 0 spiro atoms. The molecule has 0 radical (unpaired) electrons. The van der Waals surface area contributed by atoms with Crippen LogP contribution in [0.2, 0.25) is 0 Å². The van der Waals surface area contributed by atoms with Gasteiger partial charge in [-0.2, -0.15) is 0 Å². The summed E-state index contributed by atoms with van der Waals surface area (Å²) in [6.45, 7) is 3.93. The lowest BCUT2D eigenvalue weighted by molar-refractivity contribution is -0.129. The number of nitrogens with one attached hydrogen (secondary N) is 3. The van der Waals surface area contributed by atoms with Crippen molar-refractivity contribution in [2.45, 2.75) is 31.7 Å².